The molecule has 1 heterocycles. The van der Waals surface area contributed by atoms with E-state index in [4.69, 9.17) is 5.73 Å². The van der Waals surface area contributed by atoms with Crippen LogP contribution in [0.1, 0.15) is 86.3 Å². The SMILES string of the molecule is CC(C)(C)CC(C)(C)c1cncc(C(C)(C)CC(C)(C)N)c1. The van der Waals surface area contributed by atoms with Crippen molar-refractivity contribution in [1.82, 2.24) is 4.98 Å². The second-order valence-electron chi connectivity index (χ2n) is 10.1. The Morgan fingerprint density at radius 3 is 1.55 bits per heavy atom. The van der Waals surface area contributed by atoms with Crippen LogP contribution in [-0.2, 0) is 10.8 Å². The van der Waals surface area contributed by atoms with E-state index in [0.717, 1.165) is 12.8 Å². The van der Waals surface area contributed by atoms with Gasteiger partial charge in [0.05, 0.1) is 0 Å². The molecule has 0 aliphatic heterocycles. The summed E-state index contributed by atoms with van der Waals surface area (Å²) in [6, 6.07) is 2.34. The number of hydrogen-bond donors (Lipinski definition) is 1. The van der Waals surface area contributed by atoms with E-state index >= 15 is 0 Å². The lowest BCUT2D eigenvalue weighted by Gasteiger charge is -2.35. The first-order valence-electron chi connectivity index (χ1n) is 8.37. The first-order valence-corrected chi connectivity index (χ1v) is 8.37. The summed E-state index contributed by atoms with van der Waals surface area (Å²) < 4.78 is 0. The van der Waals surface area contributed by atoms with E-state index in [1.807, 2.05) is 12.4 Å². The monoisotopic (exact) mass is 304 g/mol. The van der Waals surface area contributed by atoms with Crippen molar-refractivity contribution in [3.63, 3.8) is 0 Å². The van der Waals surface area contributed by atoms with Gasteiger partial charge in [-0.15, -0.1) is 0 Å². The van der Waals surface area contributed by atoms with Gasteiger partial charge in [0.1, 0.15) is 0 Å². The molecule has 0 aromatic carbocycles. The molecule has 0 saturated heterocycles. The highest BCUT2D eigenvalue weighted by Gasteiger charge is 2.31. The Bertz CT molecular complexity index is 456. The van der Waals surface area contributed by atoms with E-state index in [9.17, 15) is 0 Å². The van der Waals surface area contributed by atoms with Crippen molar-refractivity contribution in [2.24, 2.45) is 11.1 Å². The zero-order valence-electron chi connectivity index (χ0n) is 16.2. The van der Waals surface area contributed by atoms with Crippen molar-refractivity contribution in [1.29, 1.82) is 0 Å². The molecule has 1 aromatic rings. The minimum absolute atomic E-state index is 0.0269. The summed E-state index contributed by atoms with van der Waals surface area (Å²) in [5, 5.41) is 0. The molecule has 0 aliphatic carbocycles. The van der Waals surface area contributed by atoms with Crippen LogP contribution in [0.25, 0.3) is 0 Å². The molecule has 0 radical (unpaired) electrons. The molecule has 1 aromatic heterocycles. The second-order valence-corrected chi connectivity index (χ2v) is 10.1. The van der Waals surface area contributed by atoms with Crippen LogP contribution in [0, 0.1) is 5.41 Å². The molecule has 0 bridgehead atoms. The average molecular weight is 305 g/mol. The third-order valence-corrected chi connectivity index (χ3v) is 4.17. The fourth-order valence-corrected chi connectivity index (χ4v) is 3.85. The topological polar surface area (TPSA) is 38.9 Å². The van der Waals surface area contributed by atoms with E-state index in [-0.39, 0.29) is 16.4 Å². The van der Waals surface area contributed by atoms with Gasteiger partial charge >= 0.3 is 0 Å². The van der Waals surface area contributed by atoms with Crippen molar-refractivity contribution in [2.75, 3.05) is 0 Å². The fourth-order valence-electron chi connectivity index (χ4n) is 3.85. The van der Waals surface area contributed by atoms with Gasteiger partial charge in [-0.05, 0) is 54.1 Å². The third kappa shape index (κ3) is 5.72. The molecule has 0 spiro atoms. The van der Waals surface area contributed by atoms with Crippen LogP contribution in [0.15, 0.2) is 18.5 Å². The van der Waals surface area contributed by atoms with Crippen molar-refractivity contribution >= 4 is 0 Å². The molecular formula is C20H36N2. The molecule has 0 unspecified atom stereocenters. The molecule has 1 rings (SSSR count). The lowest BCUT2D eigenvalue weighted by Crippen LogP contribution is -2.39. The molecule has 2 heteroatoms. The second kappa shape index (κ2) is 5.96. The minimum Gasteiger partial charge on any atom is -0.326 e. The average Bonchev–Trinajstić information content (AvgIpc) is 2.22. The van der Waals surface area contributed by atoms with Crippen LogP contribution in [0.4, 0.5) is 0 Å². The highest BCUT2D eigenvalue weighted by molar-refractivity contribution is 5.30. The zero-order valence-corrected chi connectivity index (χ0v) is 16.2. The first kappa shape index (κ1) is 19.2. The zero-order chi connectivity index (χ0) is 17.4. The highest BCUT2D eigenvalue weighted by atomic mass is 14.7. The predicted molar refractivity (Wildman–Crippen MR) is 97.2 cm³/mol. The fraction of sp³-hybridized carbons (Fsp3) is 0.750. The van der Waals surface area contributed by atoms with E-state index in [2.05, 4.69) is 73.4 Å². The summed E-state index contributed by atoms with van der Waals surface area (Å²) in [7, 11) is 0. The van der Waals surface area contributed by atoms with Gasteiger partial charge in [-0.25, -0.2) is 0 Å². The van der Waals surface area contributed by atoms with Crippen molar-refractivity contribution < 1.29 is 0 Å². The van der Waals surface area contributed by atoms with Crippen LogP contribution in [0.3, 0.4) is 0 Å². The standard InChI is InChI=1S/C20H36N2/c1-17(2,3)13-18(4,5)15-10-16(12-22-11-15)19(6,7)14-20(8,9)21/h10-12H,13-14,21H2,1-9H3. The lowest BCUT2D eigenvalue weighted by atomic mass is 9.70. The van der Waals surface area contributed by atoms with Gasteiger partial charge < -0.3 is 5.73 Å². The van der Waals surface area contributed by atoms with Crippen molar-refractivity contribution in [2.45, 2.75) is 91.5 Å². The van der Waals surface area contributed by atoms with E-state index < -0.39 is 0 Å². The number of nitrogens with zero attached hydrogens (tertiary/aromatic N) is 1. The molecule has 0 amide bonds. The van der Waals surface area contributed by atoms with Crippen molar-refractivity contribution in [3.05, 3.63) is 29.6 Å². The smallest absolute Gasteiger partial charge is 0.0305 e. The Balaban J connectivity index is 3.14. The Hall–Kier alpha value is -0.890. The quantitative estimate of drug-likeness (QED) is 0.812. The highest BCUT2D eigenvalue weighted by Crippen LogP contribution is 2.38. The molecule has 0 fully saturated rings. The summed E-state index contributed by atoms with van der Waals surface area (Å²) >= 11 is 0. The van der Waals surface area contributed by atoms with Crippen LogP contribution in [-0.4, -0.2) is 10.5 Å². The maximum atomic E-state index is 6.25. The van der Waals surface area contributed by atoms with Gasteiger partial charge in [-0.1, -0.05) is 54.5 Å². The van der Waals surface area contributed by atoms with Gasteiger partial charge in [-0.3, -0.25) is 4.98 Å². The lowest BCUT2D eigenvalue weighted by molar-refractivity contribution is 0.283. The third-order valence-electron chi connectivity index (χ3n) is 4.17. The number of pyridine rings is 1. The number of nitrogens with two attached hydrogens (primary N) is 1. The number of aromatic nitrogens is 1. The normalized spacial score (nSPS) is 14.3. The Kier molecular flexibility index (Phi) is 5.19. The van der Waals surface area contributed by atoms with Crippen LogP contribution < -0.4 is 5.73 Å². The van der Waals surface area contributed by atoms with Gasteiger partial charge in [0.2, 0.25) is 0 Å². The largest absolute Gasteiger partial charge is 0.326 e. The van der Waals surface area contributed by atoms with Gasteiger partial charge in [-0.2, -0.15) is 0 Å². The van der Waals surface area contributed by atoms with Gasteiger partial charge in [0.25, 0.3) is 0 Å². The van der Waals surface area contributed by atoms with Gasteiger partial charge in [0.15, 0.2) is 0 Å². The molecular weight excluding hydrogens is 268 g/mol. The first-order chi connectivity index (χ1) is 9.62. The Morgan fingerprint density at radius 1 is 0.773 bits per heavy atom. The summed E-state index contributed by atoms with van der Waals surface area (Å²) in [5.41, 5.74) is 9.12. The molecule has 0 saturated carbocycles. The van der Waals surface area contributed by atoms with Crippen molar-refractivity contribution in [3.8, 4) is 0 Å². The summed E-state index contributed by atoms with van der Waals surface area (Å²) in [6.07, 6.45) is 6.10. The Labute approximate surface area is 137 Å². The molecule has 126 valence electrons. The summed E-state index contributed by atoms with van der Waals surface area (Å²) in [4.78, 5) is 4.54. The van der Waals surface area contributed by atoms with E-state index in [1.54, 1.807) is 0 Å². The van der Waals surface area contributed by atoms with E-state index in [1.165, 1.54) is 11.1 Å². The predicted octanol–water partition coefficient (Wildman–Crippen LogP) is 5.20. The molecule has 2 N–H and O–H groups in total. The number of rotatable bonds is 5. The molecule has 22 heavy (non-hydrogen) atoms. The summed E-state index contributed by atoms with van der Waals surface area (Å²) in [6.45, 7) is 20.2. The maximum absolute atomic E-state index is 6.25. The maximum Gasteiger partial charge on any atom is 0.0305 e. The Morgan fingerprint density at radius 2 is 1.18 bits per heavy atom. The van der Waals surface area contributed by atoms with E-state index in [0.29, 0.717) is 5.41 Å². The molecule has 0 atom stereocenters. The minimum atomic E-state index is -0.180. The van der Waals surface area contributed by atoms with Crippen LogP contribution >= 0.6 is 0 Å². The van der Waals surface area contributed by atoms with Crippen LogP contribution in [0.2, 0.25) is 0 Å². The molecule has 2 nitrogen and oxygen atoms in total. The number of hydrogen-bond acceptors (Lipinski definition) is 2. The molecule has 0 aliphatic rings. The summed E-state index contributed by atoms with van der Waals surface area (Å²) in [5.74, 6) is 0. The van der Waals surface area contributed by atoms with Gasteiger partial charge in [0, 0.05) is 17.9 Å². The van der Waals surface area contributed by atoms with Crippen LogP contribution in [0.5, 0.6) is 0 Å².